The summed E-state index contributed by atoms with van der Waals surface area (Å²) < 4.78 is 10.8. The molecule has 0 bridgehead atoms. The first kappa shape index (κ1) is 21.7. The molecule has 0 aliphatic carbocycles. The van der Waals surface area contributed by atoms with Gasteiger partial charge in [0.2, 0.25) is 0 Å². The molecule has 0 fully saturated rings. The van der Waals surface area contributed by atoms with Gasteiger partial charge in [0.05, 0.1) is 12.7 Å². The highest BCUT2D eigenvalue weighted by atomic mass is 35.5. The predicted octanol–water partition coefficient (Wildman–Crippen LogP) is 3.79. The smallest absolute Gasteiger partial charge is 0.325 e. The van der Waals surface area contributed by atoms with Gasteiger partial charge in [0.1, 0.15) is 23.0 Å². The summed E-state index contributed by atoms with van der Waals surface area (Å²) in [5.41, 5.74) is 7.53. The largest absolute Gasteiger partial charge is 0.460 e. The van der Waals surface area contributed by atoms with Crippen LogP contribution in [0.4, 0.5) is 0 Å². The maximum Gasteiger partial charge on any atom is 0.325 e. The van der Waals surface area contributed by atoms with Crippen molar-refractivity contribution in [2.75, 3.05) is 0 Å². The van der Waals surface area contributed by atoms with E-state index in [1.165, 1.54) is 0 Å². The zero-order valence-corrected chi connectivity index (χ0v) is 15.9. The summed E-state index contributed by atoms with van der Waals surface area (Å²) >= 11 is 11.6. The molecule has 1 aromatic heterocycles. The monoisotopic (exact) mass is 404 g/mol. The van der Waals surface area contributed by atoms with Crippen LogP contribution in [0.1, 0.15) is 18.1 Å². The standard InChI is InChI=1S/C17H18Cl2N2O3.ClH/c1-11(23-9-12-5-3-2-4-6-12)16(20)17(22)24-10-13-7-14(18)21-15(19)8-13;/h2-8,11,16H,9-10,20H2,1H3;1H/t11-,16-;/m0./s1. The summed E-state index contributed by atoms with van der Waals surface area (Å²) in [4.78, 5) is 15.9. The SMILES string of the molecule is C[C@H](OCc1ccccc1)[C@H](N)C(=O)OCc1cc(Cl)nc(Cl)c1.Cl. The fourth-order valence-electron chi connectivity index (χ4n) is 1.95. The molecule has 0 radical (unpaired) electrons. The quantitative estimate of drug-likeness (QED) is 0.560. The van der Waals surface area contributed by atoms with Crippen LogP contribution in [-0.2, 0) is 27.5 Å². The molecule has 0 aliphatic rings. The average molecular weight is 406 g/mol. The highest BCUT2D eigenvalue weighted by Crippen LogP contribution is 2.15. The molecular formula is C17H19Cl3N2O3. The van der Waals surface area contributed by atoms with Crippen LogP contribution in [0.15, 0.2) is 42.5 Å². The van der Waals surface area contributed by atoms with Crippen LogP contribution in [0.2, 0.25) is 10.3 Å². The number of benzene rings is 1. The number of aromatic nitrogens is 1. The second-order valence-corrected chi connectivity index (χ2v) is 6.03. The van der Waals surface area contributed by atoms with Crippen LogP contribution in [0, 0.1) is 0 Å². The van der Waals surface area contributed by atoms with E-state index in [9.17, 15) is 4.79 Å². The van der Waals surface area contributed by atoms with Gasteiger partial charge in [-0.1, -0.05) is 53.5 Å². The van der Waals surface area contributed by atoms with Crippen molar-refractivity contribution in [3.8, 4) is 0 Å². The van der Waals surface area contributed by atoms with Crippen molar-refractivity contribution < 1.29 is 14.3 Å². The van der Waals surface area contributed by atoms with Crippen LogP contribution in [0.25, 0.3) is 0 Å². The number of carbonyl (C=O) groups is 1. The van der Waals surface area contributed by atoms with Gasteiger partial charge in [-0.25, -0.2) is 4.98 Å². The van der Waals surface area contributed by atoms with E-state index >= 15 is 0 Å². The lowest BCUT2D eigenvalue weighted by molar-refractivity contribution is -0.150. The van der Waals surface area contributed by atoms with Crippen LogP contribution < -0.4 is 5.73 Å². The Morgan fingerprint density at radius 1 is 1.12 bits per heavy atom. The Balaban J connectivity index is 0.00000312. The van der Waals surface area contributed by atoms with E-state index in [2.05, 4.69) is 4.98 Å². The molecular weight excluding hydrogens is 387 g/mol. The van der Waals surface area contributed by atoms with E-state index in [0.717, 1.165) is 5.56 Å². The zero-order valence-electron chi connectivity index (χ0n) is 13.5. The Morgan fingerprint density at radius 2 is 1.72 bits per heavy atom. The van der Waals surface area contributed by atoms with Crippen molar-refractivity contribution in [3.63, 3.8) is 0 Å². The Kier molecular flexibility index (Phi) is 9.17. The molecule has 0 unspecified atom stereocenters. The maximum absolute atomic E-state index is 12.0. The number of rotatable bonds is 7. The Morgan fingerprint density at radius 3 is 2.32 bits per heavy atom. The summed E-state index contributed by atoms with van der Waals surface area (Å²) in [5.74, 6) is -0.556. The lowest BCUT2D eigenvalue weighted by atomic mass is 10.2. The highest BCUT2D eigenvalue weighted by Gasteiger charge is 2.23. The molecule has 2 N–H and O–H groups in total. The molecule has 0 aliphatic heterocycles. The number of ether oxygens (including phenoxy) is 2. The summed E-state index contributed by atoms with van der Waals surface area (Å²) in [6.07, 6.45) is -0.484. The van der Waals surface area contributed by atoms with Gasteiger partial charge in [-0.05, 0) is 30.2 Å². The van der Waals surface area contributed by atoms with E-state index in [1.807, 2.05) is 30.3 Å². The van der Waals surface area contributed by atoms with Gasteiger partial charge in [0.15, 0.2) is 0 Å². The first-order valence-electron chi connectivity index (χ1n) is 7.35. The first-order valence-corrected chi connectivity index (χ1v) is 8.11. The van der Waals surface area contributed by atoms with Crippen LogP contribution in [-0.4, -0.2) is 23.1 Å². The van der Waals surface area contributed by atoms with Crippen molar-refractivity contribution in [2.24, 2.45) is 5.73 Å². The molecule has 5 nitrogen and oxygen atoms in total. The van der Waals surface area contributed by atoms with E-state index < -0.39 is 18.1 Å². The Bertz CT molecular complexity index is 666. The van der Waals surface area contributed by atoms with Crippen molar-refractivity contribution in [2.45, 2.75) is 32.3 Å². The Hall–Kier alpha value is -1.37. The molecule has 0 spiro atoms. The van der Waals surface area contributed by atoms with E-state index in [4.69, 9.17) is 38.4 Å². The van der Waals surface area contributed by atoms with Crippen molar-refractivity contribution >= 4 is 41.6 Å². The molecule has 0 saturated carbocycles. The normalized spacial score (nSPS) is 12.8. The average Bonchev–Trinajstić information content (AvgIpc) is 2.57. The van der Waals surface area contributed by atoms with Gasteiger partial charge in [-0.15, -0.1) is 12.4 Å². The molecule has 2 atom stereocenters. The van der Waals surface area contributed by atoms with Crippen LogP contribution >= 0.6 is 35.6 Å². The predicted molar refractivity (Wildman–Crippen MR) is 100.0 cm³/mol. The van der Waals surface area contributed by atoms with Crippen molar-refractivity contribution in [1.82, 2.24) is 4.98 Å². The lowest BCUT2D eigenvalue weighted by Crippen LogP contribution is -2.42. The molecule has 0 saturated heterocycles. The maximum atomic E-state index is 12.0. The second-order valence-electron chi connectivity index (χ2n) is 5.26. The number of halogens is 3. The minimum atomic E-state index is -0.888. The number of esters is 1. The number of hydrogen-bond donors (Lipinski definition) is 1. The van der Waals surface area contributed by atoms with Gasteiger partial charge in [-0.2, -0.15) is 0 Å². The van der Waals surface area contributed by atoms with E-state index in [1.54, 1.807) is 19.1 Å². The zero-order chi connectivity index (χ0) is 17.5. The fraction of sp³-hybridized carbons (Fsp3) is 0.294. The van der Waals surface area contributed by atoms with Crippen molar-refractivity contribution in [3.05, 3.63) is 63.9 Å². The number of nitrogens with zero attached hydrogens (tertiary/aromatic N) is 1. The molecule has 2 rings (SSSR count). The molecule has 1 heterocycles. The second kappa shape index (κ2) is 10.6. The van der Waals surface area contributed by atoms with Crippen LogP contribution in [0.3, 0.4) is 0 Å². The third-order valence-corrected chi connectivity index (χ3v) is 3.72. The van der Waals surface area contributed by atoms with Crippen molar-refractivity contribution in [1.29, 1.82) is 0 Å². The number of pyridine rings is 1. The third-order valence-electron chi connectivity index (χ3n) is 3.34. The minimum absolute atomic E-state index is 0. The molecule has 8 heteroatoms. The highest BCUT2D eigenvalue weighted by molar-refractivity contribution is 6.32. The van der Waals surface area contributed by atoms with Gasteiger partial charge >= 0.3 is 5.97 Å². The topological polar surface area (TPSA) is 74.4 Å². The number of carbonyl (C=O) groups excluding carboxylic acids is 1. The molecule has 2 aromatic rings. The number of hydrogen-bond acceptors (Lipinski definition) is 5. The summed E-state index contributed by atoms with van der Waals surface area (Å²) in [6.45, 7) is 2.12. The summed E-state index contributed by atoms with van der Waals surface area (Å²) in [5, 5.41) is 0.467. The van der Waals surface area contributed by atoms with Gasteiger partial charge in [0.25, 0.3) is 0 Å². The van der Waals surface area contributed by atoms with Crippen LogP contribution in [0.5, 0.6) is 0 Å². The van der Waals surface area contributed by atoms with Gasteiger partial charge in [0, 0.05) is 0 Å². The summed E-state index contributed by atoms with van der Waals surface area (Å²) in [6, 6.07) is 11.9. The first-order chi connectivity index (χ1) is 11.5. The molecule has 1 aromatic carbocycles. The summed E-state index contributed by atoms with van der Waals surface area (Å²) in [7, 11) is 0. The molecule has 25 heavy (non-hydrogen) atoms. The van der Waals surface area contributed by atoms with Gasteiger partial charge < -0.3 is 15.2 Å². The van der Waals surface area contributed by atoms with E-state index in [0.29, 0.717) is 12.2 Å². The fourth-order valence-corrected chi connectivity index (χ4v) is 2.45. The molecule has 136 valence electrons. The lowest BCUT2D eigenvalue weighted by Gasteiger charge is -2.19. The molecule has 0 amide bonds. The third kappa shape index (κ3) is 7.18. The number of nitrogens with two attached hydrogens (primary N) is 1. The van der Waals surface area contributed by atoms with Gasteiger partial charge in [-0.3, -0.25) is 4.79 Å². The van der Waals surface area contributed by atoms with E-state index in [-0.39, 0.29) is 29.3 Å². The Labute approximate surface area is 162 Å². The minimum Gasteiger partial charge on any atom is -0.460 e.